The molecular weight excluding hydrogens is 407 g/mol. The summed E-state index contributed by atoms with van der Waals surface area (Å²) in [5, 5.41) is 3.91. The number of anilines is 1. The molecule has 0 aromatic heterocycles. The fourth-order valence-corrected chi connectivity index (χ4v) is 3.78. The van der Waals surface area contributed by atoms with Gasteiger partial charge in [0, 0.05) is 23.1 Å². The molecule has 1 N–H and O–H groups in total. The summed E-state index contributed by atoms with van der Waals surface area (Å²) >= 11 is 18.1. The monoisotopic (exact) mass is 424 g/mol. The zero-order chi connectivity index (χ0) is 19.4. The average molecular weight is 426 g/mol. The topological polar surface area (TPSA) is 49.4 Å². The van der Waals surface area contributed by atoms with E-state index in [1.54, 1.807) is 30.3 Å². The molecule has 1 fully saturated rings. The number of carbonyl (C=O) groups is 2. The Bertz CT molecular complexity index is 862. The van der Waals surface area contributed by atoms with Crippen molar-refractivity contribution in [1.29, 1.82) is 0 Å². The second kappa shape index (κ2) is 8.96. The Labute approximate surface area is 173 Å². The fraction of sp³-hybridized carbons (Fsp3) is 0.300. The first-order valence-electron chi connectivity index (χ1n) is 8.81. The zero-order valence-corrected chi connectivity index (χ0v) is 16.9. The van der Waals surface area contributed by atoms with Crippen molar-refractivity contribution in [2.24, 2.45) is 0 Å². The molecule has 1 aliphatic rings. The first-order valence-corrected chi connectivity index (χ1v) is 9.94. The molecular formula is C20H19Cl3N2O2. The summed E-state index contributed by atoms with van der Waals surface area (Å²) in [6.45, 7) is 1.42. The molecule has 27 heavy (non-hydrogen) atoms. The summed E-state index contributed by atoms with van der Waals surface area (Å²) in [4.78, 5) is 27.5. The Morgan fingerprint density at radius 2 is 1.44 bits per heavy atom. The van der Waals surface area contributed by atoms with E-state index in [4.69, 9.17) is 34.8 Å². The predicted octanol–water partition coefficient (Wildman–Crippen LogP) is 5.92. The second-order valence-corrected chi connectivity index (χ2v) is 7.75. The number of hydrogen-bond donors (Lipinski definition) is 1. The third kappa shape index (κ3) is 4.95. The quantitative estimate of drug-likeness (QED) is 0.664. The van der Waals surface area contributed by atoms with Crippen molar-refractivity contribution in [2.75, 3.05) is 18.4 Å². The Morgan fingerprint density at radius 3 is 2.11 bits per heavy atom. The maximum Gasteiger partial charge on any atom is 0.257 e. The highest BCUT2D eigenvalue weighted by molar-refractivity contribution is 6.37. The van der Waals surface area contributed by atoms with Crippen LogP contribution in [0.1, 0.15) is 46.4 Å². The molecule has 1 saturated heterocycles. The van der Waals surface area contributed by atoms with E-state index in [1.807, 2.05) is 4.90 Å². The van der Waals surface area contributed by atoms with Crippen molar-refractivity contribution in [3.63, 3.8) is 0 Å². The lowest BCUT2D eigenvalue weighted by Crippen LogP contribution is -2.32. The van der Waals surface area contributed by atoms with E-state index in [0.717, 1.165) is 25.7 Å². The summed E-state index contributed by atoms with van der Waals surface area (Å²) in [7, 11) is 0. The molecule has 0 atom stereocenters. The van der Waals surface area contributed by atoms with Crippen LogP contribution in [0.4, 0.5) is 5.69 Å². The van der Waals surface area contributed by atoms with Crippen molar-refractivity contribution >= 4 is 52.3 Å². The number of amides is 2. The third-order valence-corrected chi connectivity index (χ3v) is 5.31. The number of hydrogen-bond acceptors (Lipinski definition) is 2. The minimum atomic E-state index is -0.413. The van der Waals surface area contributed by atoms with Gasteiger partial charge in [-0.2, -0.15) is 0 Å². The van der Waals surface area contributed by atoms with Gasteiger partial charge in [-0.3, -0.25) is 9.59 Å². The second-order valence-electron chi connectivity index (χ2n) is 6.47. The molecule has 1 heterocycles. The summed E-state index contributed by atoms with van der Waals surface area (Å²) < 4.78 is 0. The molecule has 2 amide bonds. The minimum Gasteiger partial charge on any atom is -0.339 e. The van der Waals surface area contributed by atoms with E-state index in [0.29, 0.717) is 34.4 Å². The standard InChI is InChI=1S/C20H19Cl3N2O2/c21-13-6-8-18(24-19(26)15-7-5-14(22)12-17(15)23)16(11-13)20(27)25-9-3-1-2-4-10-25/h5-8,11-12H,1-4,9-10H2,(H,24,26). The lowest BCUT2D eigenvalue weighted by Gasteiger charge is -2.22. The predicted molar refractivity (Wildman–Crippen MR) is 110 cm³/mol. The van der Waals surface area contributed by atoms with Gasteiger partial charge in [-0.1, -0.05) is 47.6 Å². The Balaban J connectivity index is 1.87. The summed E-state index contributed by atoms with van der Waals surface area (Å²) in [5.41, 5.74) is 1.07. The highest BCUT2D eigenvalue weighted by Gasteiger charge is 2.22. The summed E-state index contributed by atoms with van der Waals surface area (Å²) in [6.07, 6.45) is 4.21. The van der Waals surface area contributed by atoms with Crippen LogP contribution in [0.5, 0.6) is 0 Å². The number of halogens is 3. The van der Waals surface area contributed by atoms with E-state index < -0.39 is 5.91 Å². The van der Waals surface area contributed by atoms with Crippen LogP contribution in [0.15, 0.2) is 36.4 Å². The summed E-state index contributed by atoms with van der Waals surface area (Å²) in [5.74, 6) is -0.541. The van der Waals surface area contributed by atoms with Crippen LogP contribution in [-0.4, -0.2) is 29.8 Å². The number of likely N-dealkylation sites (tertiary alicyclic amines) is 1. The van der Waals surface area contributed by atoms with E-state index >= 15 is 0 Å². The molecule has 2 aromatic rings. The van der Waals surface area contributed by atoms with Gasteiger partial charge in [0.05, 0.1) is 21.8 Å². The van der Waals surface area contributed by atoms with Gasteiger partial charge >= 0.3 is 0 Å². The summed E-state index contributed by atoms with van der Waals surface area (Å²) in [6, 6.07) is 9.51. The van der Waals surface area contributed by atoms with Crippen LogP contribution in [0.3, 0.4) is 0 Å². The molecule has 4 nitrogen and oxygen atoms in total. The molecule has 2 aromatic carbocycles. The smallest absolute Gasteiger partial charge is 0.257 e. The van der Waals surface area contributed by atoms with Crippen LogP contribution < -0.4 is 5.32 Å². The van der Waals surface area contributed by atoms with Gasteiger partial charge in [0.2, 0.25) is 0 Å². The molecule has 0 bridgehead atoms. The van der Waals surface area contributed by atoms with Crippen molar-refractivity contribution in [3.8, 4) is 0 Å². The molecule has 0 saturated carbocycles. The largest absolute Gasteiger partial charge is 0.339 e. The van der Waals surface area contributed by atoms with E-state index in [2.05, 4.69) is 5.32 Å². The Morgan fingerprint density at radius 1 is 0.815 bits per heavy atom. The normalized spacial score (nSPS) is 14.6. The first-order chi connectivity index (χ1) is 13.0. The van der Waals surface area contributed by atoms with Crippen molar-refractivity contribution in [1.82, 2.24) is 4.90 Å². The Kier molecular flexibility index (Phi) is 6.64. The van der Waals surface area contributed by atoms with Gasteiger partial charge in [-0.25, -0.2) is 0 Å². The molecule has 3 rings (SSSR count). The molecule has 0 radical (unpaired) electrons. The van der Waals surface area contributed by atoms with Crippen molar-refractivity contribution in [3.05, 3.63) is 62.6 Å². The minimum absolute atomic E-state index is 0.128. The van der Waals surface area contributed by atoms with Gasteiger partial charge in [0.1, 0.15) is 0 Å². The highest BCUT2D eigenvalue weighted by Crippen LogP contribution is 2.26. The molecule has 0 aliphatic carbocycles. The Hall–Kier alpha value is -1.75. The molecule has 1 aliphatic heterocycles. The maximum atomic E-state index is 13.0. The van der Waals surface area contributed by atoms with Gasteiger partial charge < -0.3 is 10.2 Å². The van der Waals surface area contributed by atoms with Gasteiger partial charge in [-0.15, -0.1) is 0 Å². The van der Waals surface area contributed by atoms with Crippen LogP contribution >= 0.6 is 34.8 Å². The molecule has 142 valence electrons. The SMILES string of the molecule is O=C(Nc1ccc(Cl)cc1C(=O)N1CCCCCC1)c1ccc(Cl)cc1Cl. The van der Waals surface area contributed by atoms with E-state index in [1.165, 1.54) is 6.07 Å². The van der Waals surface area contributed by atoms with Gasteiger partial charge in [0.25, 0.3) is 11.8 Å². The maximum absolute atomic E-state index is 13.0. The number of nitrogens with one attached hydrogen (secondary N) is 1. The zero-order valence-electron chi connectivity index (χ0n) is 14.6. The number of carbonyl (C=O) groups excluding carboxylic acids is 2. The van der Waals surface area contributed by atoms with Crippen molar-refractivity contribution in [2.45, 2.75) is 25.7 Å². The average Bonchev–Trinajstić information content (AvgIpc) is 2.92. The lowest BCUT2D eigenvalue weighted by atomic mass is 10.1. The van der Waals surface area contributed by atoms with E-state index in [9.17, 15) is 9.59 Å². The number of benzene rings is 2. The lowest BCUT2D eigenvalue weighted by molar-refractivity contribution is 0.0762. The first kappa shape index (κ1) is 20.0. The molecule has 7 heteroatoms. The van der Waals surface area contributed by atoms with Gasteiger partial charge in [-0.05, 0) is 49.2 Å². The van der Waals surface area contributed by atoms with Crippen LogP contribution in [0.25, 0.3) is 0 Å². The van der Waals surface area contributed by atoms with Crippen molar-refractivity contribution < 1.29 is 9.59 Å². The van der Waals surface area contributed by atoms with E-state index in [-0.39, 0.29) is 16.5 Å². The van der Waals surface area contributed by atoms with Crippen LogP contribution in [-0.2, 0) is 0 Å². The third-order valence-electron chi connectivity index (χ3n) is 4.53. The molecule has 0 unspecified atom stereocenters. The van der Waals surface area contributed by atoms with Gasteiger partial charge in [0.15, 0.2) is 0 Å². The van der Waals surface area contributed by atoms with Crippen LogP contribution in [0, 0.1) is 0 Å². The number of nitrogens with zero attached hydrogens (tertiary/aromatic N) is 1. The van der Waals surface area contributed by atoms with Crippen LogP contribution in [0.2, 0.25) is 15.1 Å². The highest BCUT2D eigenvalue weighted by atomic mass is 35.5. The molecule has 0 spiro atoms. The number of rotatable bonds is 3. The fourth-order valence-electron chi connectivity index (χ4n) is 3.11.